The van der Waals surface area contributed by atoms with Crippen molar-refractivity contribution < 1.29 is 9.47 Å². The minimum Gasteiger partial charge on any atom is -0.381 e. The molecule has 1 spiro atoms. The number of unbranched alkanes of at least 4 members (excludes halogenated alkanes) is 1. The predicted molar refractivity (Wildman–Crippen MR) is 85.8 cm³/mol. The Morgan fingerprint density at radius 3 is 2.90 bits per heavy atom. The number of hydrogen-bond acceptors (Lipinski definition) is 3. The Hall–Kier alpha value is -0.810. The van der Waals surface area contributed by atoms with Gasteiger partial charge < -0.3 is 19.7 Å². The Morgan fingerprint density at radius 1 is 1.33 bits per heavy atom. The van der Waals surface area contributed by atoms with Crippen LogP contribution in [0.15, 0.2) is 4.99 Å². The van der Waals surface area contributed by atoms with Crippen LogP contribution in [0.3, 0.4) is 0 Å². The fourth-order valence-corrected chi connectivity index (χ4v) is 3.14. The molecule has 0 aromatic heterocycles. The second-order valence-electron chi connectivity index (χ2n) is 6.27. The topological polar surface area (TPSA) is 46.1 Å². The average Bonchev–Trinajstić information content (AvgIpc) is 3.13. The first kappa shape index (κ1) is 16.6. The van der Waals surface area contributed by atoms with E-state index >= 15 is 0 Å². The van der Waals surface area contributed by atoms with Crippen molar-refractivity contribution in [3.8, 4) is 0 Å². The van der Waals surface area contributed by atoms with Crippen molar-refractivity contribution in [2.24, 2.45) is 10.4 Å². The van der Waals surface area contributed by atoms with Gasteiger partial charge in [0.15, 0.2) is 5.96 Å². The average molecular weight is 297 g/mol. The van der Waals surface area contributed by atoms with Crippen LogP contribution in [0.1, 0.15) is 39.0 Å². The zero-order chi connectivity index (χ0) is 15.0. The van der Waals surface area contributed by atoms with Crippen molar-refractivity contribution in [2.75, 3.05) is 53.1 Å². The van der Waals surface area contributed by atoms with Crippen molar-refractivity contribution in [1.82, 2.24) is 10.2 Å². The Labute approximate surface area is 129 Å². The number of nitrogens with zero attached hydrogens (tertiary/aromatic N) is 2. The Morgan fingerprint density at radius 2 is 2.19 bits per heavy atom. The van der Waals surface area contributed by atoms with Crippen LogP contribution in [0.2, 0.25) is 0 Å². The highest BCUT2D eigenvalue weighted by atomic mass is 16.5. The van der Waals surface area contributed by atoms with Crippen molar-refractivity contribution in [3.63, 3.8) is 0 Å². The number of rotatable bonds is 7. The quantitative estimate of drug-likeness (QED) is 0.443. The first-order valence-corrected chi connectivity index (χ1v) is 8.41. The molecule has 2 heterocycles. The molecule has 0 bridgehead atoms. The summed E-state index contributed by atoms with van der Waals surface area (Å²) >= 11 is 0. The van der Waals surface area contributed by atoms with Gasteiger partial charge in [0.25, 0.3) is 0 Å². The van der Waals surface area contributed by atoms with Crippen molar-refractivity contribution in [1.29, 1.82) is 0 Å². The Bertz CT molecular complexity index is 327. The molecule has 0 saturated carbocycles. The van der Waals surface area contributed by atoms with E-state index in [4.69, 9.17) is 9.47 Å². The molecular weight excluding hydrogens is 266 g/mol. The third kappa shape index (κ3) is 4.85. The maximum absolute atomic E-state index is 5.59. The van der Waals surface area contributed by atoms with Gasteiger partial charge in [-0.05, 0) is 25.7 Å². The number of nitrogens with one attached hydrogen (secondary N) is 1. The van der Waals surface area contributed by atoms with Gasteiger partial charge in [-0.15, -0.1) is 0 Å². The summed E-state index contributed by atoms with van der Waals surface area (Å²) in [4.78, 5) is 6.80. The molecule has 0 aliphatic carbocycles. The molecule has 0 aromatic rings. The summed E-state index contributed by atoms with van der Waals surface area (Å²) in [5.74, 6) is 1.03. The van der Waals surface area contributed by atoms with E-state index < -0.39 is 0 Å². The number of aliphatic imine (C=N–C) groups is 1. The summed E-state index contributed by atoms with van der Waals surface area (Å²) < 4.78 is 11.2. The van der Waals surface area contributed by atoms with Crippen molar-refractivity contribution in [2.45, 2.75) is 39.0 Å². The molecule has 5 nitrogen and oxygen atoms in total. The summed E-state index contributed by atoms with van der Waals surface area (Å²) in [5, 5.41) is 3.46. The predicted octanol–water partition coefficient (Wildman–Crippen LogP) is 1.88. The fourth-order valence-electron chi connectivity index (χ4n) is 3.14. The first-order valence-electron chi connectivity index (χ1n) is 8.41. The Kier molecular flexibility index (Phi) is 6.77. The maximum atomic E-state index is 5.59. The molecule has 21 heavy (non-hydrogen) atoms. The lowest BCUT2D eigenvalue weighted by atomic mass is 9.87. The van der Waals surface area contributed by atoms with E-state index in [0.717, 1.165) is 64.9 Å². The highest BCUT2D eigenvalue weighted by molar-refractivity contribution is 5.80. The van der Waals surface area contributed by atoms with Gasteiger partial charge in [0.1, 0.15) is 0 Å². The van der Waals surface area contributed by atoms with Gasteiger partial charge in [-0.25, -0.2) is 0 Å². The molecule has 5 heteroatoms. The van der Waals surface area contributed by atoms with Crippen LogP contribution in [-0.4, -0.2) is 64.0 Å². The van der Waals surface area contributed by atoms with Crippen molar-refractivity contribution >= 4 is 5.96 Å². The highest BCUT2D eigenvalue weighted by Crippen LogP contribution is 2.38. The van der Waals surface area contributed by atoms with E-state index in [1.807, 2.05) is 7.05 Å². The molecule has 0 amide bonds. The third-order valence-corrected chi connectivity index (χ3v) is 4.53. The van der Waals surface area contributed by atoms with Gasteiger partial charge in [0.2, 0.25) is 0 Å². The lowest BCUT2D eigenvalue weighted by molar-refractivity contribution is 0.129. The van der Waals surface area contributed by atoms with E-state index in [1.54, 1.807) is 0 Å². The van der Waals surface area contributed by atoms with Crippen molar-refractivity contribution in [3.05, 3.63) is 0 Å². The normalized spacial score (nSPS) is 26.0. The van der Waals surface area contributed by atoms with Crippen LogP contribution in [0.4, 0.5) is 0 Å². The smallest absolute Gasteiger partial charge is 0.193 e. The number of likely N-dealkylation sites (tertiary alicyclic amines) is 1. The molecule has 0 aromatic carbocycles. The molecule has 1 atom stereocenters. The molecule has 2 aliphatic rings. The summed E-state index contributed by atoms with van der Waals surface area (Å²) in [6.45, 7) is 8.87. The summed E-state index contributed by atoms with van der Waals surface area (Å²) in [6, 6.07) is 0. The zero-order valence-electron chi connectivity index (χ0n) is 13.7. The van der Waals surface area contributed by atoms with E-state index in [-0.39, 0.29) is 0 Å². The lowest BCUT2D eigenvalue weighted by Gasteiger charge is -2.24. The standard InChI is InChI=1S/C16H31N3O2/c1-3-4-10-20-11-5-8-18-15(17-2)19-9-6-16(13-19)7-12-21-14-16/h3-14H2,1-2H3,(H,17,18). The molecule has 2 aliphatic heterocycles. The SMILES string of the molecule is CCCCOCCCNC(=NC)N1CCC2(CCOC2)C1. The van der Waals surface area contributed by atoms with Gasteiger partial charge in [-0.1, -0.05) is 13.3 Å². The zero-order valence-corrected chi connectivity index (χ0v) is 13.7. The van der Waals surface area contributed by atoms with E-state index in [1.165, 1.54) is 19.3 Å². The van der Waals surface area contributed by atoms with Crippen LogP contribution < -0.4 is 5.32 Å². The monoisotopic (exact) mass is 297 g/mol. The molecule has 2 saturated heterocycles. The molecule has 122 valence electrons. The highest BCUT2D eigenvalue weighted by Gasteiger charge is 2.42. The summed E-state index contributed by atoms with van der Waals surface area (Å²) in [5.41, 5.74) is 0.390. The van der Waals surface area contributed by atoms with Crippen LogP contribution in [0.5, 0.6) is 0 Å². The molecule has 0 radical (unpaired) electrons. The second-order valence-corrected chi connectivity index (χ2v) is 6.27. The van der Waals surface area contributed by atoms with Gasteiger partial charge in [-0.3, -0.25) is 4.99 Å². The molecular formula is C16H31N3O2. The second kappa shape index (κ2) is 8.59. The first-order chi connectivity index (χ1) is 10.3. The number of guanidine groups is 1. The lowest BCUT2D eigenvalue weighted by Crippen LogP contribution is -2.42. The van der Waals surface area contributed by atoms with Gasteiger partial charge >= 0.3 is 0 Å². The molecule has 1 unspecified atom stereocenters. The molecule has 2 fully saturated rings. The minimum absolute atomic E-state index is 0.390. The van der Waals surface area contributed by atoms with E-state index in [2.05, 4.69) is 22.1 Å². The summed E-state index contributed by atoms with van der Waals surface area (Å²) in [7, 11) is 1.87. The molecule has 2 rings (SSSR count). The van der Waals surface area contributed by atoms with Gasteiger partial charge in [-0.2, -0.15) is 0 Å². The number of ether oxygens (including phenoxy) is 2. The summed E-state index contributed by atoms with van der Waals surface area (Å²) in [6.07, 6.45) is 5.82. The van der Waals surface area contributed by atoms with Gasteiger partial charge in [0, 0.05) is 51.9 Å². The maximum Gasteiger partial charge on any atom is 0.193 e. The van der Waals surface area contributed by atoms with Crippen LogP contribution in [0.25, 0.3) is 0 Å². The fraction of sp³-hybridized carbons (Fsp3) is 0.938. The minimum atomic E-state index is 0.390. The van der Waals surface area contributed by atoms with E-state index in [9.17, 15) is 0 Å². The van der Waals surface area contributed by atoms with Gasteiger partial charge in [0.05, 0.1) is 6.61 Å². The van der Waals surface area contributed by atoms with Crippen LogP contribution >= 0.6 is 0 Å². The Balaban J connectivity index is 1.62. The third-order valence-electron chi connectivity index (χ3n) is 4.53. The molecule has 1 N–H and O–H groups in total. The van der Waals surface area contributed by atoms with Crippen LogP contribution in [-0.2, 0) is 9.47 Å². The largest absolute Gasteiger partial charge is 0.381 e. The van der Waals surface area contributed by atoms with E-state index in [0.29, 0.717) is 5.41 Å². The van der Waals surface area contributed by atoms with Crippen LogP contribution in [0, 0.1) is 5.41 Å². The number of hydrogen-bond donors (Lipinski definition) is 1.